The first-order chi connectivity index (χ1) is 14.0. The molecule has 0 aliphatic heterocycles. The van der Waals surface area contributed by atoms with Gasteiger partial charge in [-0.3, -0.25) is 9.36 Å². The lowest BCUT2D eigenvalue weighted by molar-refractivity contribution is 0.597. The standard InChI is InChI=1S/C20H18N2O3S4/c1-2-22-19(23)17-15(16-9-6-10-26-16)13-28-18(17)21-20(22)27-11-12-29(24,25)14-7-4-3-5-8-14/h3-10,13H,2,11-12H2,1H3. The summed E-state index contributed by atoms with van der Waals surface area (Å²) >= 11 is 4.35. The van der Waals surface area contributed by atoms with Crippen LogP contribution in [0.5, 0.6) is 0 Å². The lowest BCUT2D eigenvalue weighted by Gasteiger charge is -2.10. The highest BCUT2D eigenvalue weighted by Crippen LogP contribution is 2.34. The van der Waals surface area contributed by atoms with Crippen molar-refractivity contribution in [1.82, 2.24) is 9.55 Å². The number of sulfone groups is 1. The van der Waals surface area contributed by atoms with E-state index in [1.165, 1.54) is 23.1 Å². The van der Waals surface area contributed by atoms with Crippen LogP contribution in [0.25, 0.3) is 20.7 Å². The van der Waals surface area contributed by atoms with E-state index in [0.717, 1.165) is 10.4 Å². The van der Waals surface area contributed by atoms with Crippen LogP contribution < -0.4 is 5.56 Å². The molecule has 1 aromatic carbocycles. The number of nitrogens with zero attached hydrogens (tertiary/aromatic N) is 2. The molecular formula is C20H18N2O3S4. The van der Waals surface area contributed by atoms with Crippen LogP contribution in [-0.4, -0.2) is 29.5 Å². The normalized spacial score (nSPS) is 11.9. The number of hydrogen-bond donors (Lipinski definition) is 0. The van der Waals surface area contributed by atoms with Gasteiger partial charge in [-0.25, -0.2) is 13.4 Å². The van der Waals surface area contributed by atoms with E-state index in [-0.39, 0.29) is 11.3 Å². The quantitative estimate of drug-likeness (QED) is 0.292. The van der Waals surface area contributed by atoms with Crippen LogP contribution in [0.3, 0.4) is 0 Å². The molecule has 0 unspecified atom stereocenters. The maximum Gasteiger partial charge on any atom is 0.263 e. The second-order valence-corrected chi connectivity index (χ2v) is 11.2. The number of aromatic nitrogens is 2. The van der Waals surface area contributed by atoms with E-state index in [4.69, 9.17) is 0 Å². The topological polar surface area (TPSA) is 69.0 Å². The van der Waals surface area contributed by atoms with E-state index >= 15 is 0 Å². The van der Waals surface area contributed by atoms with Gasteiger partial charge in [-0.2, -0.15) is 0 Å². The molecule has 29 heavy (non-hydrogen) atoms. The van der Waals surface area contributed by atoms with E-state index in [0.29, 0.717) is 32.6 Å². The Morgan fingerprint density at radius 2 is 1.90 bits per heavy atom. The molecule has 0 atom stereocenters. The Morgan fingerprint density at radius 1 is 1.10 bits per heavy atom. The maximum absolute atomic E-state index is 13.1. The van der Waals surface area contributed by atoms with Crippen LogP contribution in [0, 0.1) is 0 Å². The first-order valence-electron chi connectivity index (χ1n) is 8.98. The van der Waals surface area contributed by atoms with Crippen molar-refractivity contribution in [2.75, 3.05) is 11.5 Å². The number of hydrogen-bond acceptors (Lipinski definition) is 7. The molecule has 0 aliphatic rings. The van der Waals surface area contributed by atoms with Crippen LogP contribution in [-0.2, 0) is 16.4 Å². The molecule has 0 amide bonds. The van der Waals surface area contributed by atoms with Gasteiger partial charge in [-0.15, -0.1) is 22.7 Å². The largest absolute Gasteiger partial charge is 0.287 e. The molecule has 3 heterocycles. The third kappa shape index (κ3) is 4.05. The van der Waals surface area contributed by atoms with Crippen LogP contribution in [0.15, 0.2) is 68.1 Å². The van der Waals surface area contributed by atoms with Crippen molar-refractivity contribution >= 4 is 54.5 Å². The van der Waals surface area contributed by atoms with Crippen LogP contribution in [0.2, 0.25) is 0 Å². The Kier molecular flexibility index (Phi) is 5.91. The minimum atomic E-state index is -3.36. The fraction of sp³-hybridized carbons (Fsp3) is 0.200. The molecular weight excluding hydrogens is 444 g/mol. The van der Waals surface area contributed by atoms with Gasteiger partial charge in [0.25, 0.3) is 5.56 Å². The van der Waals surface area contributed by atoms with E-state index in [1.54, 1.807) is 46.2 Å². The second-order valence-electron chi connectivity index (χ2n) is 6.23. The summed E-state index contributed by atoms with van der Waals surface area (Å²) in [6.45, 7) is 2.38. The van der Waals surface area contributed by atoms with Gasteiger partial charge in [-0.05, 0) is 30.5 Å². The first-order valence-corrected chi connectivity index (χ1v) is 13.4. The van der Waals surface area contributed by atoms with Crippen molar-refractivity contribution in [1.29, 1.82) is 0 Å². The van der Waals surface area contributed by atoms with Gasteiger partial charge in [0, 0.05) is 28.1 Å². The fourth-order valence-corrected chi connectivity index (χ4v) is 7.53. The Balaban J connectivity index is 1.62. The zero-order valence-corrected chi connectivity index (χ0v) is 18.8. The average Bonchev–Trinajstić information content (AvgIpc) is 3.38. The van der Waals surface area contributed by atoms with Crippen LogP contribution in [0.4, 0.5) is 0 Å². The number of thioether (sulfide) groups is 1. The van der Waals surface area contributed by atoms with Crippen molar-refractivity contribution in [2.24, 2.45) is 0 Å². The molecule has 0 radical (unpaired) electrons. The minimum Gasteiger partial charge on any atom is -0.287 e. The Hall–Kier alpha value is -1.94. The molecule has 5 nitrogen and oxygen atoms in total. The van der Waals surface area contributed by atoms with Gasteiger partial charge in [0.1, 0.15) is 4.83 Å². The maximum atomic E-state index is 13.1. The van der Waals surface area contributed by atoms with Crippen molar-refractivity contribution in [3.63, 3.8) is 0 Å². The van der Waals surface area contributed by atoms with Crippen molar-refractivity contribution in [3.8, 4) is 10.4 Å². The molecule has 0 aliphatic carbocycles. The van der Waals surface area contributed by atoms with Crippen molar-refractivity contribution in [3.05, 3.63) is 63.6 Å². The molecule has 4 rings (SSSR count). The molecule has 0 saturated heterocycles. The number of rotatable bonds is 7. The van der Waals surface area contributed by atoms with E-state index < -0.39 is 9.84 Å². The lowest BCUT2D eigenvalue weighted by Crippen LogP contribution is -2.22. The van der Waals surface area contributed by atoms with E-state index in [2.05, 4.69) is 4.98 Å². The highest BCUT2D eigenvalue weighted by Gasteiger charge is 2.19. The fourth-order valence-electron chi connectivity index (χ4n) is 3.00. The Morgan fingerprint density at radius 3 is 2.59 bits per heavy atom. The molecule has 4 aromatic rings. The number of benzene rings is 1. The Labute approximate surface area is 181 Å². The van der Waals surface area contributed by atoms with Gasteiger partial charge in [0.05, 0.1) is 16.0 Å². The highest BCUT2D eigenvalue weighted by molar-refractivity contribution is 8.00. The van der Waals surface area contributed by atoms with Gasteiger partial charge in [0.2, 0.25) is 0 Å². The summed E-state index contributed by atoms with van der Waals surface area (Å²) in [6, 6.07) is 12.4. The summed E-state index contributed by atoms with van der Waals surface area (Å²) in [5, 5.41) is 5.16. The third-order valence-corrected chi connectivity index (χ3v) is 9.19. The summed E-state index contributed by atoms with van der Waals surface area (Å²) in [4.78, 5) is 19.9. The first kappa shape index (κ1) is 20.3. The molecule has 0 fully saturated rings. The lowest BCUT2D eigenvalue weighted by atomic mass is 10.2. The van der Waals surface area contributed by atoms with Crippen molar-refractivity contribution in [2.45, 2.75) is 23.5 Å². The molecule has 9 heteroatoms. The Bertz CT molecular complexity index is 1290. The van der Waals surface area contributed by atoms with Gasteiger partial charge in [-0.1, -0.05) is 36.0 Å². The van der Waals surface area contributed by atoms with Crippen LogP contribution in [0.1, 0.15) is 6.92 Å². The summed E-state index contributed by atoms with van der Waals surface area (Å²) in [6.07, 6.45) is 0. The molecule has 150 valence electrons. The molecule has 0 saturated carbocycles. The molecule has 3 aromatic heterocycles. The minimum absolute atomic E-state index is 0.00973. The molecule has 0 spiro atoms. The smallest absolute Gasteiger partial charge is 0.263 e. The molecule has 0 N–H and O–H groups in total. The predicted molar refractivity (Wildman–Crippen MR) is 122 cm³/mol. The van der Waals surface area contributed by atoms with E-state index in [1.807, 2.05) is 29.8 Å². The summed E-state index contributed by atoms with van der Waals surface area (Å²) in [5.74, 6) is 0.322. The summed E-state index contributed by atoms with van der Waals surface area (Å²) in [5.41, 5.74) is 0.846. The second kappa shape index (κ2) is 8.43. The van der Waals surface area contributed by atoms with Gasteiger partial charge < -0.3 is 0 Å². The SMILES string of the molecule is CCn1c(SCCS(=O)(=O)c2ccccc2)nc2scc(-c3cccs3)c2c1=O. The number of thiophene rings is 2. The monoisotopic (exact) mass is 462 g/mol. The summed E-state index contributed by atoms with van der Waals surface area (Å²) < 4.78 is 26.6. The van der Waals surface area contributed by atoms with Crippen LogP contribution >= 0.6 is 34.4 Å². The zero-order chi connectivity index (χ0) is 20.4. The third-order valence-electron chi connectivity index (χ3n) is 4.45. The predicted octanol–water partition coefficient (Wildman–Crippen LogP) is 4.77. The van der Waals surface area contributed by atoms with Gasteiger partial charge >= 0.3 is 0 Å². The molecule has 0 bridgehead atoms. The number of fused-ring (bicyclic) bond motifs is 1. The highest BCUT2D eigenvalue weighted by atomic mass is 32.2. The van der Waals surface area contributed by atoms with Crippen molar-refractivity contribution < 1.29 is 8.42 Å². The zero-order valence-electron chi connectivity index (χ0n) is 15.6. The van der Waals surface area contributed by atoms with Gasteiger partial charge in [0.15, 0.2) is 15.0 Å². The average molecular weight is 463 g/mol. The van der Waals surface area contributed by atoms with E-state index in [9.17, 15) is 13.2 Å². The summed E-state index contributed by atoms with van der Waals surface area (Å²) in [7, 11) is -3.36.